The Morgan fingerprint density at radius 2 is 2.15 bits per heavy atom. The number of rotatable bonds is 3. The molecule has 3 heteroatoms. The number of hydrogen-bond donors (Lipinski definition) is 1. The van der Waals surface area contributed by atoms with Crippen molar-refractivity contribution in [3.05, 3.63) is 18.3 Å². The second-order valence-corrected chi connectivity index (χ2v) is 2.06. The maximum absolute atomic E-state index is 5.27. The minimum Gasteiger partial charge on any atom is -0.494 e. The van der Waals surface area contributed by atoms with Gasteiger partial charge in [-0.25, -0.2) is 4.98 Å². The molecule has 1 N–H and O–H groups in total. The van der Waals surface area contributed by atoms with Gasteiger partial charge in [0.25, 0.3) is 0 Å². The van der Waals surface area contributed by atoms with Crippen molar-refractivity contribution in [1.29, 1.82) is 0 Å². The third-order valence-electron chi connectivity index (χ3n) is 1.30. The van der Waals surface area contributed by atoms with Crippen molar-refractivity contribution >= 4 is 5.82 Å². The third kappa shape index (κ3) is 4.35. The summed E-state index contributed by atoms with van der Waals surface area (Å²) in [6, 6.07) is 3.70. The lowest BCUT2D eigenvalue weighted by atomic mass is 10.4. The van der Waals surface area contributed by atoms with Gasteiger partial charge in [0.05, 0.1) is 6.61 Å². The van der Waals surface area contributed by atoms with Crippen molar-refractivity contribution in [2.75, 3.05) is 19.0 Å². The number of ether oxygens (including phenoxy) is 1. The van der Waals surface area contributed by atoms with E-state index in [2.05, 4.69) is 10.3 Å². The van der Waals surface area contributed by atoms with E-state index >= 15 is 0 Å². The minimum atomic E-state index is 0.688. The topological polar surface area (TPSA) is 34.1 Å². The van der Waals surface area contributed by atoms with Crippen LogP contribution in [0, 0.1) is 0 Å². The maximum atomic E-state index is 5.27. The van der Waals surface area contributed by atoms with Crippen molar-refractivity contribution in [3.8, 4) is 5.75 Å². The molecule has 74 valence electrons. The number of nitrogens with zero attached hydrogens (tertiary/aromatic N) is 1. The highest BCUT2D eigenvalue weighted by Crippen LogP contribution is 2.13. The summed E-state index contributed by atoms with van der Waals surface area (Å²) in [6.07, 6.45) is 1.72. The van der Waals surface area contributed by atoms with Crippen molar-refractivity contribution in [2.24, 2.45) is 0 Å². The first-order valence-electron chi connectivity index (χ1n) is 4.63. The predicted molar refractivity (Wildman–Crippen MR) is 56.3 cm³/mol. The van der Waals surface area contributed by atoms with E-state index in [-0.39, 0.29) is 0 Å². The van der Waals surface area contributed by atoms with E-state index in [4.69, 9.17) is 4.74 Å². The van der Waals surface area contributed by atoms with Crippen molar-refractivity contribution < 1.29 is 4.74 Å². The lowest BCUT2D eigenvalue weighted by molar-refractivity contribution is 0.340. The molecule has 1 heterocycles. The number of pyridine rings is 1. The Labute approximate surface area is 80.1 Å². The molecule has 0 bridgehead atoms. The summed E-state index contributed by atoms with van der Waals surface area (Å²) in [5.41, 5.74) is 0. The summed E-state index contributed by atoms with van der Waals surface area (Å²) in [6.45, 7) is 6.65. The molecule has 0 aromatic carbocycles. The molecule has 3 nitrogen and oxygen atoms in total. The monoisotopic (exact) mass is 182 g/mol. The zero-order chi connectivity index (χ0) is 10.1. The summed E-state index contributed by atoms with van der Waals surface area (Å²) in [4.78, 5) is 4.05. The molecule has 1 aromatic heterocycles. The maximum Gasteiger partial charge on any atom is 0.129 e. The first-order chi connectivity index (χ1) is 6.36. The van der Waals surface area contributed by atoms with Crippen LogP contribution in [0.1, 0.15) is 20.8 Å². The van der Waals surface area contributed by atoms with Crippen LogP contribution in [0.15, 0.2) is 18.3 Å². The van der Waals surface area contributed by atoms with Gasteiger partial charge in [-0.1, -0.05) is 13.8 Å². The Bertz CT molecular complexity index is 226. The molecular formula is C10H18N2O. The van der Waals surface area contributed by atoms with Gasteiger partial charge >= 0.3 is 0 Å². The van der Waals surface area contributed by atoms with Crippen LogP contribution in [-0.2, 0) is 0 Å². The van der Waals surface area contributed by atoms with Crippen LogP contribution < -0.4 is 10.1 Å². The van der Waals surface area contributed by atoms with E-state index in [1.807, 2.05) is 40.0 Å². The molecule has 0 saturated carbocycles. The number of aromatic nitrogens is 1. The molecule has 0 atom stereocenters. The Balaban J connectivity index is 0.000000671. The van der Waals surface area contributed by atoms with Crippen LogP contribution in [0.2, 0.25) is 0 Å². The van der Waals surface area contributed by atoms with Crippen LogP contribution >= 0.6 is 0 Å². The molecular weight excluding hydrogens is 164 g/mol. The van der Waals surface area contributed by atoms with Gasteiger partial charge in [0.2, 0.25) is 0 Å². The Morgan fingerprint density at radius 3 is 2.69 bits per heavy atom. The normalized spacial score (nSPS) is 8.31. The first kappa shape index (κ1) is 11.8. The van der Waals surface area contributed by atoms with Crippen LogP contribution in [0.3, 0.4) is 0 Å². The average Bonchev–Trinajstić information content (AvgIpc) is 2.22. The standard InChI is InChI=1S/C8H12N2O.C2H6/c1-3-11-7-4-5-10-8(6-7)9-2;1-2/h4-6H,3H2,1-2H3,(H,9,10);1-2H3. The molecule has 0 aliphatic rings. The predicted octanol–water partition coefficient (Wildman–Crippen LogP) is 2.55. The summed E-state index contributed by atoms with van der Waals surface area (Å²) >= 11 is 0. The second-order valence-electron chi connectivity index (χ2n) is 2.06. The molecule has 0 amide bonds. The SMILES string of the molecule is CC.CCOc1ccnc(NC)c1. The van der Waals surface area contributed by atoms with Gasteiger partial charge in [0.1, 0.15) is 11.6 Å². The van der Waals surface area contributed by atoms with Crippen molar-refractivity contribution in [3.63, 3.8) is 0 Å². The van der Waals surface area contributed by atoms with Crippen LogP contribution in [0.4, 0.5) is 5.82 Å². The van der Waals surface area contributed by atoms with E-state index < -0.39 is 0 Å². The smallest absolute Gasteiger partial charge is 0.129 e. The first-order valence-corrected chi connectivity index (χ1v) is 4.63. The zero-order valence-electron chi connectivity index (χ0n) is 8.79. The van der Waals surface area contributed by atoms with Crippen molar-refractivity contribution in [2.45, 2.75) is 20.8 Å². The molecule has 0 fully saturated rings. The van der Waals surface area contributed by atoms with Gasteiger partial charge in [0, 0.05) is 19.3 Å². The summed E-state index contributed by atoms with van der Waals surface area (Å²) in [7, 11) is 1.83. The molecule has 1 aromatic rings. The van der Waals surface area contributed by atoms with Gasteiger partial charge in [-0.3, -0.25) is 0 Å². The fourth-order valence-electron chi connectivity index (χ4n) is 0.804. The van der Waals surface area contributed by atoms with E-state index in [1.54, 1.807) is 6.20 Å². The molecule has 0 saturated heterocycles. The average molecular weight is 182 g/mol. The molecule has 13 heavy (non-hydrogen) atoms. The van der Waals surface area contributed by atoms with Gasteiger partial charge in [0.15, 0.2) is 0 Å². The Kier molecular flexibility index (Phi) is 6.69. The van der Waals surface area contributed by atoms with Gasteiger partial charge in [-0.05, 0) is 13.0 Å². The number of hydrogen-bond acceptors (Lipinski definition) is 3. The van der Waals surface area contributed by atoms with Gasteiger partial charge < -0.3 is 10.1 Å². The minimum absolute atomic E-state index is 0.688. The largest absolute Gasteiger partial charge is 0.494 e. The van der Waals surface area contributed by atoms with E-state index in [1.165, 1.54) is 0 Å². The van der Waals surface area contributed by atoms with Crippen LogP contribution in [0.25, 0.3) is 0 Å². The molecule has 0 unspecified atom stereocenters. The highest BCUT2D eigenvalue weighted by Gasteiger charge is 1.93. The summed E-state index contributed by atoms with van der Waals surface area (Å²) < 4.78 is 5.27. The van der Waals surface area contributed by atoms with Crippen LogP contribution in [0.5, 0.6) is 5.75 Å². The number of nitrogens with one attached hydrogen (secondary N) is 1. The Morgan fingerprint density at radius 1 is 1.46 bits per heavy atom. The summed E-state index contributed by atoms with van der Waals surface area (Å²) in [5, 5.41) is 2.93. The molecule has 1 rings (SSSR count). The van der Waals surface area contributed by atoms with Crippen molar-refractivity contribution in [1.82, 2.24) is 4.98 Å². The third-order valence-corrected chi connectivity index (χ3v) is 1.30. The molecule has 0 aliphatic heterocycles. The lowest BCUT2D eigenvalue weighted by Gasteiger charge is -2.03. The lowest BCUT2D eigenvalue weighted by Crippen LogP contribution is -1.95. The molecule has 0 radical (unpaired) electrons. The summed E-state index contributed by atoms with van der Waals surface area (Å²) in [5.74, 6) is 1.68. The van der Waals surface area contributed by atoms with Crippen LogP contribution in [-0.4, -0.2) is 18.6 Å². The fraction of sp³-hybridized carbons (Fsp3) is 0.500. The number of anilines is 1. The van der Waals surface area contributed by atoms with E-state index in [0.717, 1.165) is 11.6 Å². The van der Waals surface area contributed by atoms with Gasteiger partial charge in [-0.2, -0.15) is 0 Å². The van der Waals surface area contributed by atoms with Gasteiger partial charge in [-0.15, -0.1) is 0 Å². The highest BCUT2D eigenvalue weighted by molar-refractivity contribution is 5.39. The second kappa shape index (κ2) is 7.40. The van der Waals surface area contributed by atoms with E-state index in [9.17, 15) is 0 Å². The fourth-order valence-corrected chi connectivity index (χ4v) is 0.804. The molecule has 0 aliphatic carbocycles. The Hall–Kier alpha value is -1.25. The van der Waals surface area contributed by atoms with E-state index in [0.29, 0.717) is 6.61 Å². The highest BCUT2D eigenvalue weighted by atomic mass is 16.5. The molecule has 0 spiro atoms. The zero-order valence-corrected chi connectivity index (χ0v) is 8.79. The quantitative estimate of drug-likeness (QED) is 0.780.